The van der Waals surface area contributed by atoms with Crippen LogP contribution < -0.4 is 16.0 Å². The van der Waals surface area contributed by atoms with Gasteiger partial charge in [0.1, 0.15) is 11.9 Å². The quantitative estimate of drug-likeness (QED) is 0.685. The molecule has 1 aromatic heterocycles. The minimum Gasteiger partial charge on any atom is -0.354 e. The number of nitrogens with zero attached hydrogens (tertiary/aromatic N) is 1. The van der Waals surface area contributed by atoms with E-state index in [-0.39, 0.29) is 35.5 Å². The molecule has 31 heavy (non-hydrogen) atoms. The number of amides is 3. The van der Waals surface area contributed by atoms with Gasteiger partial charge in [-0.2, -0.15) is 0 Å². The van der Waals surface area contributed by atoms with Crippen molar-refractivity contribution in [1.82, 2.24) is 20.9 Å². The Morgan fingerprint density at radius 1 is 1.03 bits per heavy atom. The van der Waals surface area contributed by atoms with Crippen LogP contribution in [0.4, 0.5) is 4.39 Å². The third kappa shape index (κ3) is 5.07. The van der Waals surface area contributed by atoms with E-state index in [9.17, 15) is 18.8 Å². The van der Waals surface area contributed by atoms with Gasteiger partial charge < -0.3 is 16.0 Å². The van der Waals surface area contributed by atoms with Crippen LogP contribution in [0.15, 0.2) is 42.6 Å². The van der Waals surface area contributed by atoms with Crippen molar-refractivity contribution < 1.29 is 18.8 Å². The summed E-state index contributed by atoms with van der Waals surface area (Å²) in [4.78, 5) is 40.9. The van der Waals surface area contributed by atoms with E-state index in [0.29, 0.717) is 55.5 Å². The SMILES string of the molecule is O=C(NC1CCC(C(=O)N[C@@H]2CCNC2=O)CC1)c1ccc(-c2cccc(F)c2)nc1. The van der Waals surface area contributed by atoms with Crippen molar-refractivity contribution in [2.75, 3.05) is 6.54 Å². The summed E-state index contributed by atoms with van der Waals surface area (Å²) in [5.74, 6) is -0.880. The van der Waals surface area contributed by atoms with Crippen molar-refractivity contribution in [3.05, 3.63) is 54.0 Å². The molecule has 2 aliphatic rings. The van der Waals surface area contributed by atoms with Crippen LogP contribution >= 0.6 is 0 Å². The van der Waals surface area contributed by atoms with Gasteiger partial charge in [-0.25, -0.2) is 4.39 Å². The summed E-state index contributed by atoms with van der Waals surface area (Å²) in [5, 5.41) is 8.55. The third-order valence-electron chi connectivity index (χ3n) is 5.94. The zero-order valence-corrected chi connectivity index (χ0v) is 17.1. The van der Waals surface area contributed by atoms with E-state index in [2.05, 4.69) is 20.9 Å². The topological polar surface area (TPSA) is 100 Å². The van der Waals surface area contributed by atoms with Crippen LogP contribution in [-0.4, -0.2) is 41.3 Å². The molecular formula is C23H25FN4O3. The van der Waals surface area contributed by atoms with Crippen molar-refractivity contribution in [1.29, 1.82) is 0 Å². The van der Waals surface area contributed by atoms with Gasteiger partial charge in [-0.3, -0.25) is 19.4 Å². The van der Waals surface area contributed by atoms with Gasteiger partial charge in [0, 0.05) is 30.3 Å². The van der Waals surface area contributed by atoms with Crippen LogP contribution in [0.2, 0.25) is 0 Å². The van der Waals surface area contributed by atoms with E-state index in [1.54, 1.807) is 24.3 Å². The Labute approximate surface area is 179 Å². The Morgan fingerprint density at radius 2 is 1.84 bits per heavy atom. The number of carbonyl (C=O) groups excluding carboxylic acids is 3. The summed E-state index contributed by atoms with van der Waals surface area (Å²) in [6.45, 7) is 0.598. The second-order valence-corrected chi connectivity index (χ2v) is 8.11. The second-order valence-electron chi connectivity index (χ2n) is 8.11. The number of benzene rings is 1. The lowest BCUT2D eigenvalue weighted by Gasteiger charge is -2.29. The molecule has 0 unspecified atom stereocenters. The van der Waals surface area contributed by atoms with Crippen LogP contribution in [0.25, 0.3) is 11.3 Å². The first-order chi connectivity index (χ1) is 15.0. The minimum absolute atomic E-state index is 0.00535. The largest absolute Gasteiger partial charge is 0.354 e. The molecule has 1 saturated heterocycles. The summed E-state index contributed by atoms with van der Waals surface area (Å²) in [6, 6.07) is 9.09. The molecule has 4 rings (SSSR count). The molecule has 1 aliphatic heterocycles. The predicted molar refractivity (Wildman–Crippen MR) is 112 cm³/mol. The fourth-order valence-corrected chi connectivity index (χ4v) is 4.14. The number of aromatic nitrogens is 1. The molecule has 0 spiro atoms. The van der Waals surface area contributed by atoms with E-state index in [4.69, 9.17) is 0 Å². The number of hydrogen-bond donors (Lipinski definition) is 3. The molecule has 7 nitrogen and oxygen atoms in total. The zero-order valence-electron chi connectivity index (χ0n) is 17.1. The Bertz CT molecular complexity index is 971. The van der Waals surface area contributed by atoms with Gasteiger partial charge in [0.25, 0.3) is 5.91 Å². The number of halogens is 1. The first kappa shape index (κ1) is 21.0. The van der Waals surface area contributed by atoms with Gasteiger partial charge in [0.05, 0.1) is 11.3 Å². The standard InChI is InChI=1S/C23H25FN4O3/c24-17-3-1-2-15(12-17)19-9-6-16(13-26-19)22(30)27-18-7-4-14(5-8-18)21(29)28-20-10-11-25-23(20)31/h1-3,6,9,12-14,18,20H,4-5,7-8,10-11H2,(H,25,31)(H,27,30)(H,28,29)/t14?,18?,20-/m1/s1. The first-order valence-corrected chi connectivity index (χ1v) is 10.6. The highest BCUT2D eigenvalue weighted by Crippen LogP contribution is 2.25. The van der Waals surface area contributed by atoms with Crippen molar-refractivity contribution in [3.8, 4) is 11.3 Å². The molecule has 0 bridgehead atoms. The molecule has 3 amide bonds. The summed E-state index contributed by atoms with van der Waals surface area (Å²) in [6.07, 6.45) is 4.86. The molecule has 0 radical (unpaired) electrons. The summed E-state index contributed by atoms with van der Waals surface area (Å²) in [7, 11) is 0. The number of hydrogen-bond acceptors (Lipinski definition) is 4. The van der Waals surface area contributed by atoms with Crippen molar-refractivity contribution in [3.63, 3.8) is 0 Å². The maximum atomic E-state index is 13.4. The van der Waals surface area contributed by atoms with Gasteiger partial charge >= 0.3 is 0 Å². The number of nitrogens with one attached hydrogen (secondary N) is 3. The Balaban J connectivity index is 1.27. The maximum Gasteiger partial charge on any atom is 0.253 e. The van der Waals surface area contributed by atoms with Crippen LogP contribution in [0.5, 0.6) is 0 Å². The Hall–Kier alpha value is -3.29. The van der Waals surface area contributed by atoms with Crippen LogP contribution in [0, 0.1) is 11.7 Å². The fraction of sp³-hybridized carbons (Fsp3) is 0.391. The van der Waals surface area contributed by atoms with Gasteiger partial charge in [-0.05, 0) is 56.4 Å². The highest BCUT2D eigenvalue weighted by Gasteiger charge is 2.31. The van der Waals surface area contributed by atoms with Crippen molar-refractivity contribution >= 4 is 17.7 Å². The van der Waals surface area contributed by atoms with E-state index < -0.39 is 6.04 Å². The monoisotopic (exact) mass is 424 g/mol. The molecule has 162 valence electrons. The fourth-order valence-electron chi connectivity index (χ4n) is 4.14. The molecule has 2 heterocycles. The average Bonchev–Trinajstić information content (AvgIpc) is 3.18. The van der Waals surface area contributed by atoms with Crippen molar-refractivity contribution in [2.45, 2.75) is 44.2 Å². The number of carbonyl (C=O) groups is 3. The van der Waals surface area contributed by atoms with Gasteiger partial charge in [0.15, 0.2) is 0 Å². The Morgan fingerprint density at radius 3 is 2.48 bits per heavy atom. The summed E-state index contributed by atoms with van der Waals surface area (Å²) < 4.78 is 13.4. The Kier molecular flexibility index (Phi) is 6.25. The average molecular weight is 424 g/mol. The smallest absolute Gasteiger partial charge is 0.253 e. The third-order valence-corrected chi connectivity index (χ3v) is 5.94. The highest BCUT2D eigenvalue weighted by molar-refractivity contribution is 5.94. The molecule has 1 saturated carbocycles. The lowest BCUT2D eigenvalue weighted by Crippen LogP contribution is -2.45. The minimum atomic E-state index is -0.423. The molecule has 2 fully saturated rings. The molecule has 1 atom stereocenters. The number of rotatable bonds is 5. The maximum absolute atomic E-state index is 13.4. The van der Waals surface area contributed by atoms with Gasteiger partial charge in [-0.15, -0.1) is 0 Å². The van der Waals surface area contributed by atoms with Crippen LogP contribution in [-0.2, 0) is 9.59 Å². The molecule has 8 heteroatoms. The molecule has 2 aromatic rings. The summed E-state index contributed by atoms with van der Waals surface area (Å²) >= 11 is 0. The lowest BCUT2D eigenvalue weighted by molar-refractivity contribution is -0.130. The van der Waals surface area contributed by atoms with Crippen molar-refractivity contribution in [2.24, 2.45) is 5.92 Å². The van der Waals surface area contributed by atoms with Gasteiger partial charge in [-0.1, -0.05) is 12.1 Å². The highest BCUT2D eigenvalue weighted by atomic mass is 19.1. The van der Waals surface area contributed by atoms with E-state index in [1.165, 1.54) is 18.3 Å². The first-order valence-electron chi connectivity index (χ1n) is 10.6. The van der Waals surface area contributed by atoms with Crippen LogP contribution in [0.3, 0.4) is 0 Å². The normalized spacial score (nSPS) is 23.1. The lowest BCUT2D eigenvalue weighted by atomic mass is 9.85. The molecule has 3 N–H and O–H groups in total. The second kappa shape index (κ2) is 9.24. The summed E-state index contributed by atoms with van der Waals surface area (Å²) in [5.41, 5.74) is 1.68. The zero-order chi connectivity index (χ0) is 21.8. The van der Waals surface area contributed by atoms with E-state index in [0.717, 1.165) is 0 Å². The van der Waals surface area contributed by atoms with E-state index >= 15 is 0 Å². The molecule has 1 aliphatic carbocycles. The number of pyridine rings is 1. The molecule has 1 aromatic carbocycles. The molecular weight excluding hydrogens is 399 g/mol. The van der Waals surface area contributed by atoms with Gasteiger partial charge in [0.2, 0.25) is 11.8 Å². The van der Waals surface area contributed by atoms with E-state index in [1.807, 2.05) is 0 Å². The van der Waals surface area contributed by atoms with Crippen LogP contribution in [0.1, 0.15) is 42.5 Å². The predicted octanol–water partition coefficient (Wildman–Crippen LogP) is 2.18.